The molecule has 1 atom stereocenters. The van der Waals surface area contributed by atoms with Crippen LogP contribution in [0.25, 0.3) is 0 Å². The van der Waals surface area contributed by atoms with E-state index in [0.717, 1.165) is 55.7 Å². The molecule has 8 nitrogen and oxygen atoms in total. The summed E-state index contributed by atoms with van der Waals surface area (Å²) >= 11 is 0. The van der Waals surface area contributed by atoms with Crippen LogP contribution >= 0.6 is 0 Å². The number of likely N-dealkylation sites (tertiary alicyclic amines) is 1. The fourth-order valence-electron chi connectivity index (χ4n) is 3.45. The molecule has 0 aromatic carbocycles. The third-order valence-electron chi connectivity index (χ3n) is 4.81. The van der Waals surface area contributed by atoms with Crippen LogP contribution in [-0.2, 0) is 17.9 Å². The van der Waals surface area contributed by atoms with Crippen LogP contribution in [0.5, 0.6) is 0 Å². The Hall–Kier alpha value is -2.06. The average molecular weight is 358 g/mol. The number of hydrogen-bond donors (Lipinski definition) is 1. The van der Waals surface area contributed by atoms with Gasteiger partial charge in [0.2, 0.25) is 5.89 Å². The van der Waals surface area contributed by atoms with E-state index in [1.807, 2.05) is 13.0 Å². The molecule has 2 aromatic rings. The van der Waals surface area contributed by atoms with Crippen LogP contribution in [0, 0.1) is 6.92 Å². The monoisotopic (exact) mass is 358 g/mol. The molecule has 0 amide bonds. The number of nitrogens with one attached hydrogen (secondary N) is 1. The number of methoxy groups -OCH3 is 1. The topological polar surface area (TPSA) is 89.2 Å². The van der Waals surface area contributed by atoms with Gasteiger partial charge in [0.15, 0.2) is 11.6 Å². The lowest BCUT2D eigenvalue weighted by molar-refractivity contribution is 0.177. The zero-order chi connectivity index (χ0) is 17.9. The fourth-order valence-corrected chi connectivity index (χ4v) is 3.45. The lowest BCUT2D eigenvalue weighted by Crippen LogP contribution is -2.42. The molecule has 0 spiro atoms. The second-order valence-corrected chi connectivity index (χ2v) is 7.29. The number of nitrogens with zero attached hydrogens (tertiary/aromatic N) is 5. The highest BCUT2D eigenvalue weighted by atomic mass is 16.5. The Morgan fingerprint density at radius 2 is 2.12 bits per heavy atom. The highest BCUT2D eigenvalue weighted by Gasteiger charge is 2.30. The summed E-state index contributed by atoms with van der Waals surface area (Å²) in [5, 5.41) is 7.70. The summed E-state index contributed by atoms with van der Waals surface area (Å²) in [5.41, 5.74) is 0.946. The molecule has 140 valence electrons. The zero-order valence-electron chi connectivity index (χ0n) is 15.4. The first-order valence-corrected chi connectivity index (χ1v) is 9.34. The number of ether oxygens (including phenoxy) is 1. The van der Waals surface area contributed by atoms with Gasteiger partial charge in [-0.05, 0) is 39.2 Å². The van der Waals surface area contributed by atoms with Crippen molar-refractivity contribution in [3.05, 3.63) is 29.3 Å². The van der Waals surface area contributed by atoms with Gasteiger partial charge in [-0.2, -0.15) is 4.98 Å². The molecule has 26 heavy (non-hydrogen) atoms. The van der Waals surface area contributed by atoms with Crippen LogP contribution < -0.4 is 5.32 Å². The van der Waals surface area contributed by atoms with E-state index in [0.29, 0.717) is 24.4 Å². The zero-order valence-corrected chi connectivity index (χ0v) is 15.4. The molecule has 4 rings (SSSR count). The van der Waals surface area contributed by atoms with E-state index in [4.69, 9.17) is 9.26 Å². The Morgan fingerprint density at radius 3 is 2.92 bits per heavy atom. The second kappa shape index (κ2) is 7.67. The number of aromatic nitrogens is 4. The molecule has 1 N–H and O–H groups in total. The van der Waals surface area contributed by atoms with Crippen molar-refractivity contribution in [3.8, 4) is 0 Å². The molecule has 1 aliphatic carbocycles. The minimum Gasteiger partial charge on any atom is -0.377 e. The first-order valence-electron chi connectivity index (χ1n) is 9.34. The van der Waals surface area contributed by atoms with Crippen molar-refractivity contribution in [1.82, 2.24) is 25.0 Å². The molecular weight excluding hydrogens is 332 g/mol. The van der Waals surface area contributed by atoms with Gasteiger partial charge < -0.3 is 14.6 Å². The Kier molecular flexibility index (Phi) is 5.12. The molecule has 2 fully saturated rings. The van der Waals surface area contributed by atoms with Crippen LogP contribution in [0.1, 0.15) is 54.8 Å². The molecule has 0 radical (unpaired) electrons. The number of aryl methyl sites for hydroxylation is 1. The maximum absolute atomic E-state index is 5.37. The number of piperidine rings is 1. The standard InChI is InChI=1S/C18H26N6O2/c1-12-8-15(21-17(19-12)11-25-2)20-14-4-3-7-24(9-14)10-16-22-18(26-23-16)13-5-6-13/h8,13-14H,3-7,9-11H2,1-2H3,(H,19,20,21). The number of hydrogen-bond acceptors (Lipinski definition) is 8. The summed E-state index contributed by atoms with van der Waals surface area (Å²) in [5.74, 6) is 3.70. The Labute approximate surface area is 153 Å². The van der Waals surface area contributed by atoms with Gasteiger partial charge in [0, 0.05) is 37.4 Å². The Morgan fingerprint density at radius 1 is 1.23 bits per heavy atom. The molecule has 2 aromatic heterocycles. The van der Waals surface area contributed by atoms with Gasteiger partial charge in [0.1, 0.15) is 12.4 Å². The molecule has 1 saturated carbocycles. The van der Waals surface area contributed by atoms with Crippen molar-refractivity contribution >= 4 is 5.82 Å². The van der Waals surface area contributed by atoms with Crippen molar-refractivity contribution in [2.45, 2.75) is 57.7 Å². The third-order valence-corrected chi connectivity index (χ3v) is 4.81. The highest BCUT2D eigenvalue weighted by Crippen LogP contribution is 2.38. The molecule has 1 unspecified atom stereocenters. The van der Waals surface area contributed by atoms with Crippen LogP contribution in [0.4, 0.5) is 5.82 Å². The molecule has 1 saturated heterocycles. The van der Waals surface area contributed by atoms with Gasteiger partial charge in [-0.3, -0.25) is 4.90 Å². The highest BCUT2D eigenvalue weighted by molar-refractivity contribution is 5.37. The van der Waals surface area contributed by atoms with Crippen LogP contribution in [-0.4, -0.2) is 51.2 Å². The molecule has 3 heterocycles. The van der Waals surface area contributed by atoms with Crippen LogP contribution in [0.2, 0.25) is 0 Å². The SMILES string of the molecule is COCc1nc(C)cc(NC2CCCN(Cc3noc(C4CC4)n3)C2)n1. The largest absolute Gasteiger partial charge is 0.377 e. The molecule has 1 aliphatic heterocycles. The van der Waals surface area contributed by atoms with Crippen molar-refractivity contribution in [2.75, 3.05) is 25.5 Å². The first-order chi connectivity index (χ1) is 12.7. The molecule has 8 heteroatoms. The molecular formula is C18H26N6O2. The summed E-state index contributed by atoms with van der Waals surface area (Å²) in [6.45, 7) is 5.15. The van der Waals surface area contributed by atoms with Crippen molar-refractivity contribution in [3.63, 3.8) is 0 Å². The van der Waals surface area contributed by atoms with Crippen LogP contribution in [0.15, 0.2) is 10.6 Å². The van der Waals surface area contributed by atoms with Crippen molar-refractivity contribution < 1.29 is 9.26 Å². The fraction of sp³-hybridized carbons (Fsp3) is 0.667. The van der Waals surface area contributed by atoms with Gasteiger partial charge in [-0.15, -0.1) is 0 Å². The number of anilines is 1. The van der Waals surface area contributed by atoms with Crippen molar-refractivity contribution in [1.29, 1.82) is 0 Å². The minimum absolute atomic E-state index is 0.350. The van der Waals surface area contributed by atoms with E-state index in [1.54, 1.807) is 7.11 Å². The van der Waals surface area contributed by atoms with E-state index >= 15 is 0 Å². The maximum atomic E-state index is 5.37. The van der Waals surface area contributed by atoms with Crippen molar-refractivity contribution in [2.24, 2.45) is 0 Å². The number of rotatable bonds is 7. The Bertz CT molecular complexity index is 745. The van der Waals surface area contributed by atoms with E-state index in [9.17, 15) is 0 Å². The maximum Gasteiger partial charge on any atom is 0.229 e. The predicted molar refractivity (Wildman–Crippen MR) is 95.7 cm³/mol. The summed E-state index contributed by atoms with van der Waals surface area (Å²) in [7, 11) is 1.66. The normalized spacial score (nSPS) is 21.1. The molecule has 0 bridgehead atoms. The van der Waals surface area contributed by atoms with Gasteiger partial charge in [-0.25, -0.2) is 9.97 Å². The summed E-state index contributed by atoms with van der Waals surface area (Å²) in [6.07, 6.45) is 4.63. The van der Waals surface area contributed by atoms with E-state index < -0.39 is 0 Å². The molecule has 2 aliphatic rings. The van der Waals surface area contributed by atoms with E-state index in [-0.39, 0.29) is 0 Å². The van der Waals surface area contributed by atoms with E-state index in [2.05, 4.69) is 30.3 Å². The second-order valence-electron chi connectivity index (χ2n) is 7.29. The average Bonchev–Trinajstić information content (AvgIpc) is 3.35. The smallest absolute Gasteiger partial charge is 0.229 e. The lowest BCUT2D eigenvalue weighted by atomic mass is 10.1. The predicted octanol–water partition coefficient (Wildman–Crippen LogP) is 2.27. The summed E-state index contributed by atoms with van der Waals surface area (Å²) in [4.78, 5) is 15.9. The lowest BCUT2D eigenvalue weighted by Gasteiger charge is -2.32. The van der Waals surface area contributed by atoms with Gasteiger partial charge >= 0.3 is 0 Å². The minimum atomic E-state index is 0.350. The van der Waals surface area contributed by atoms with Gasteiger partial charge in [-0.1, -0.05) is 5.16 Å². The first kappa shape index (κ1) is 17.4. The Balaban J connectivity index is 1.35. The van der Waals surface area contributed by atoms with Gasteiger partial charge in [0.25, 0.3) is 0 Å². The van der Waals surface area contributed by atoms with Gasteiger partial charge in [0.05, 0.1) is 6.54 Å². The summed E-state index contributed by atoms with van der Waals surface area (Å²) in [6, 6.07) is 2.34. The van der Waals surface area contributed by atoms with Crippen LogP contribution in [0.3, 0.4) is 0 Å². The quantitative estimate of drug-likeness (QED) is 0.806. The van der Waals surface area contributed by atoms with E-state index in [1.165, 1.54) is 12.8 Å². The summed E-state index contributed by atoms with van der Waals surface area (Å²) < 4.78 is 10.5. The third kappa shape index (κ3) is 4.37.